The zero-order valence-electron chi connectivity index (χ0n) is 12.6. The molecule has 1 aromatic rings. The molecule has 21 heavy (non-hydrogen) atoms. The number of amides is 1. The summed E-state index contributed by atoms with van der Waals surface area (Å²) in [5.74, 6) is 0. The maximum atomic E-state index is 11.6. The van der Waals surface area contributed by atoms with Crippen molar-refractivity contribution in [2.75, 3.05) is 13.2 Å². The second-order valence-corrected chi connectivity index (χ2v) is 5.63. The number of hydrogen-bond donors (Lipinski definition) is 2. The molecule has 4 heteroatoms. The molecule has 1 aliphatic rings. The molecule has 4 nitrogen and oxygen atoms in total. The molecule has 1 fully saturated rings. The molecule has 0 aromatic heterocycles. The van der Waals surface area contributed by atoms with Crippen LogP contribution < -0.4 is 10.6 Å². The van der Waals surface area contributed by atoms with Crippen LogP contribution in [0.1, 0.15) is 44.1 Å². The molecule has 1 aromatic carbocycles. The van der Waals surface area contributed by atoms with E-state index in [0.29, 0.717) is 12.6 Å². The smallest absolute Gasteiger partial charge is 0.407 e. The zero-order valence-corrected chi connectivity index (χ0v) is 12.6. The molecule has 0 bridgehead atoms. The van der Waals surface area contributed by atoms with Crippen molar-refractivity contribution in [2.45, 2.75) is 51.1 Å². The lowest BCUT2D eigenvalue weighted by Crippen LogP contribution is -2.36. The summed E-state index contributed by atoms with van der Waals surface area (Å²) in [6, 6.07) is 10.6. The predicted octanol–water partition coefficient (Wildman–Crippen LogP) is 3.23. The molecular weight excluding hydrogens is 264 g/mol. The first-order valence-corrected chi connectivity index (χ1v) is 8.02. The van der Waals surface area contributed by atoms with E-state index in [-0.39, 0.29) is 6.09 Å². The van der Waals surface area contributed by atoms with E-state index < -0.39 is 0 Å². The Morgan fingerprint density at radius 1 is 1.14 bits per heavy atom. The number of alkyl carbamates (subject to hydrolysis) is 1. The van der Waals surface area contributed by atoms with Gasteiger partial charge in [0, 0.05) is 12.6 Å². The minimum atomic E-state index is -0.259. The number of nitrogens with one attached hydrogen (secondary N) is 2. The topological polar surface area (TPSA) is 50.4 Å². The average Bonchev–Trinajstić information content (AvgIpc) is 2.53. The molecule has 0 radical (unpaired) electrons. The van der Waals surface area contributed by atoms with Gasteiger partial charge in [-0.25, -0.2) is 4.79 Å². The third-order valence-electron chi connectivity index (χ3n) is 3.83. The van der Waals surface area contributed by atoms with Crippen LogP contribution in [0.15, 0.2) is 30.3 Å². The first-order valence-electron chi connectivity index (χ1n) is 8.02. The van der Waals surface area contributed by atoms with Gasteiger partial charge in [0.1, 0.15) is 0 Å². The number of rotatable bonds is 7. The van der Waals surface area contributed by atoms with Gasteiger partial charge in [-0.3, -0.25) is 0 Å². The van der Waals surface area contributed by atoms with Crippen LogP contribution in [0.3, 0.4) is 0 Å². The number of hydrogen-bond acceptors (Lipinski definition) is 3. The summed E-state index contributed by atoms with van der Waals surface area (Å²) in [5, 5.41) is 6.30. The Morgan fingerprint density at radius 2 is 1.90 bits per heavy atom. The fourth-order valence-corrected chi connectivity index (χ4v) is 2.65. The van der Waals surface area contributed by atoms with Gasteiger partial charge in [-0.2, -0.15) is 0 Å². The first kappa shape index (κ1) is 15.8. The monoisotopic (exact) mass is 290 g/mol. The lowest BCUT2D eigenvalue weighted by atomic mass is 9.96. The van der Waals surface area contributed by atoms with E-state index in [1.165, 1.54) is 24.8 Å². The first-order chi connectivity index (χ1) is 10.3. The highest BCUT2D eigenvalue weighted by atomic mass is 16.5. The molecule has 0 spiro atoms. The van der Waals surface area contributed by atoms with Gasteiger partial charge >= 0.3 is 6.09 Å². The summed E-state index contributed by atoms with van der Waals surface area (Å²) < 4.78 is 5.21. The van der Waals surface area contributed by atoms with Crippen LogP contribution in [0.4, 0.5) is 4.79 Å². The molecule has 0 unspecified atom stereocenters. The molecule has 116 valence electrons. The molecular formula is C17H26N2O2. The standard InChI is InChI=1S/C17H26N2O2/c20-17(19-16-10-5-2-6-11-16)21-13-7-12-18-14-15-8-3-1-4-9-15/h1,3-4,8-9,16,18H,2,5-7,10-14H2,(H,19,20). The third kappa shape index (κ3) is 6.63. The van der Waals surface area contributed by atoms with Crippen molar-refractivity contribution in [3.05, 3.63) is 35.9 Å². The maximum absolute atomic E-state index is 11.6. The summed E-state index contributed by atoms with van der Waals surface area (Å²) in [6.07, 6.45) is 6.49. The van der Waals surface area contributed by atoms with Crippen molar-refractivity contribution in [1.29, 1.82) is 0 Å². The molecule has 1 aliphatic carbocycles. The van der Waals surface area contributed by atoms with Crippen LogP contribution in [-0.4, -0.2) is 25.3 Å². The quantitative estimate of drug-likeness (QED) is 0.758. The molecule has 0 aliphatic heterocycles. The van der Waals surface area contributed by atoms with Crippen molar-refractivity contribution >= 4 is 6.09 Å². The van der Waals surface area contributed by atoms with Crippen molar-refractivity contribution in [3.8, 4) is 0 Å². The normalized spacial score (nSPS) is 15.6. The van der Waals surface area contributed by atoms with Crippen LogP contribution in [0.5, 0.6) is 0 Å². The summed E-state index contributed by atoms with van der Waals surface area (Å²) in [4.78, 5) is 11.6. The van der Waals surface area contributed by atoms with Crippen LogP contribution in [0.25, 0.3) is 0 Å². The summed E-state index contributed by atoms with van der Waals surface area (Å²) in [6.45, 7) is 2.18. The van der Waals surface area contributed by atoms with Crippen LogP contribution in [0.2, 0.25) is 0 Å². The summed E-state index contributed by atoms with van der Waals surface area (Å²) in [5.41, 5.74) is 1.27. The highest BCUT2D eigenvalue weighted by molar-refractivity contribution is 5.67. The highest BCUT2D eigenvalue weighted by Gasteiger charge is 2.15. The van der Waals surface area contributed by atoms with Crippen LogP contribution in [0, 0.1) is 0 Å². The second kappa shape index (κ2) is 9.40. The summed E-state index contributed by atoms with van der Waals surface area (Å²) in [7, 11) is 0. The number of carbonyl (C=O) groups excluding carboxylic acids is 1. The predicted molar refractivity (Wildman–Crippen MR) is 84.1 cm³/mol. The van der Waals surface area contributed by atoms with Gasteiger partial charge in [0.05, 0.1) is 6.61 Å². The number of benzene rings is 1. The molecule has 0 atom stereocenters. The van der Waals surface area contributed by atoms with Gasteiger partial charge in [-0.15, -0.1) is 0 Å². The van der Waals surface area contributed by atoms with Gasteiger partial charge in [0.2, 0.25) is 0 Å². The Labute approximate surface area is 127 Å². The van der Waals surface area contributed by atoms with E-state index >= 15 is 0 Å². The Hall–Kier alpha value is -1.55. The maximum Gasteiger partial charge on any atom is 0.407 e. The zero-order chi connectivity index (χ0) is 14.8. The molecule has 1 saturated carbocycles. The molecule has 0 saturated heterocycles. The van der Waals surface area contributed by atoms with Gasteiger partial charge in [-0.1, -0.05) is 49.6 Å². The second-order valence-electron chi connectivity index (χ2n) is 5.63. The Balaban J connectivity index is 1.46. The van der Waals surface area contributed by atoms with E-state index in [2.05, 4.69) is 22.8 Å². The van der Waals surface area contributed by atoms with Crippen LogP contribution in [-0.2, 0) is 11.3 Å². The number of carbonyl (C=O) groups is 1. The lowest BCUT2D eigenvalue weighted by Gasteiger charge is -2.22. The summed E-state index contributed by atoms with van der Waals surface area (Å²) >= 11 is 0. The van der Waals surface area contributed by atoms with E-state index in [0.717, 1.165) is 32.4 Å². The van der Waals surface area contributed by atoms with Gasteiger partial charge < -0.3 is 15.4 Å². The van der Waals surface area contributed by atoms with Crippen molar-refractivity contribution in [2.24, 2.45) is 0 Å². The largest absolute Gasteiger partial charge is 0.450 e. The van der Waals surface area contributed by atoms with E-state index in [1.807, 2.05) is 18.2 Å². The Bertz CT molecular complexity index is 403. The van der Waals surface area contributed by atoms with Crippen molar-refractivity contribution in [3.63, 3.8) is 0 Å². The van der Waals surface area contributed by atoms with Crippen molar-refractivity contribution < 1.29 is 9.53 Å². The van der Waals surface area contributed by atoms with E-state index in [9.17, 15) is 4.79 Å². The van der Waals surface area contributed by atoms with Crippen molar-refractivity contribution in [1.82, 2.24) is 10.6 Å². The van der Waals surface area contributed by atoms with Crippen LogP contribution >= 0.6 is 0 Å². The average molecular weight is 290 g/mol. The molecule has 2 rings (SSSR count). The fraction of sp³-hybridized carbons (Fsp3) is 0.588. The minimum absolute atomic E-state index is 0.259. The number of ether oxygens (including phenoxy) is 1. The minimum Gasteiger partial charge on any atom is -0.450 e. The molecule has 1 amide bonds. The molecule has 0 heterocycles. The Kier molecular flexibility index (Phi) is 7.08. The highest BCUT2D eigenvalue weighted by Crippen LogP contribution is 2.17. The van der Waals surface area contributed by atoms with Gasteiger partial charge in [0.15, 0.2) is 0 Å². The van der Waals surface area contributed by atoms with Gasteiger partial charge in [-0.05, 0) is 31.4 Å². The fourth-order valence-electron chi connectivity index (χ4n) is 2.65. The lowest BCUT2D eigenvalue weighted by molar-refractivity contribution is 0.138. The van der Waals surface area contributed by atoms with Gasteiger partial charge in [0.25, 0.3) is 0 Å². The van der Waals surface area contributed by atoms with E-state index in [4.69, 9.17) is 4.74 Å². The SMILES string of the molecule is O=C(NC1CCCCC1)OCCCNCc1ccccc1. The third-order valence-corrected chi connectivity index (χ3v) is 3.83. The van der Waals surface area contributed by atoms with E-state index in [1.54, 1.807) is 0 Å². The Morgan fingerprint density at radius 3 is 2.67 bits per heavy atom. The molecule has 2 N–H and O–H groups in total.